The molecule has 0 aromatic heterocycles. The van der Waals surface area contributed by atoms with Crippen molar-refractivity contribution in [1.82, 2.24) is 0 Å². The smallest absolute Gasteiger partial charge is 0.303 e. The lowest BCUT2D eigenvalue weighted by Crippen LogP contribution is -2.27. The maximum atomic E-state index is 12.1. The quantitative estimate of drug-likeness (QED) is 0.721. The summed E-state index contributed by atoms with van der Waals surface area (Å²) in [6.45, 7) is 5.09. The minimum atomic E-state index is -0.906. The van der Waals surface area contributed by atoms with Gasteiger partial charge < -0.3 is 15.7 Å². The van der Waals surface area contributed by atoms with Gasteiger partial charge >= 0.3 is 5.97 Å². The molecule has 0 aliphatic heterocycles. The fourth-order valence-corrected chi connectivity index (χ4v) is 2.11. The summed E-state index contributed by atoms with van der Waals surface area (Å²) in [5, 5.41) is 14.3. The van der Waals surface area contributed by atoms with Crippen LogP contribution >= 0.6 is 0 Å². The Morgan fingerprint density at radius 1 is 1.05 bits per heavy atom. The molecule has 0 spiro atoms. The molecular weight excluding hydrogens is 284 g/mol. The fraction of sp³-hybridized carbons (Fsp3) is 0.438. The van der Waals surface area contributed by atoms with Crippen molar-refractivity contribution < 1.29 is 19.5 Å². The number of benzene rings is 1. The Hall–Kier alpha value is -2.37. The molecule has 3 N–H and O–H groups in total. The van der Waals surface area contributed by atoms with E-state index < -0.39 is 11.4 Å². The molecular formula is C16H22N2O4. The number of hydrogen-bond acceptors (Lipinski definition) is 3. The number of anilines is 2. The van der Waals surface area contributed by atoms with E-state index in [2.05, 4.69) is 10.6 Å². The molecule has 0 aliphatic rings. The van der Waals surface area contributed by atoms with Crippen molar-refractivity contribution >= 4 is 29.2 Å². The summed E-state index contributed by atoms with van der Waals surface area (Å²) in [5.74, 6) is -1.29. The average molecular weight is 306 g/mol. The number of nitrogens with one attached hydrogen (secondary N) is 2. The lowest BCUT2D eigenvalue weighted by atomic mass is 9.80. The van der Waals surface area contributed by atoms with Crippen molar-refractivity contribution in [2.24, 2.45) is 5.41 Å². The first-order valence-electron chi connectivity index (χ1n) is 7.13. The van der Waals surface area contributed by atoms with Gasteiger partial charge in [-0.15, -0.1) is 0 Å². The zero-order chi connectivity index (χ0) is 16.8. The Kier molecular flexibility index (Phi) is 6.10. The van der Waals surface area contributed by atoms with Gasteiger partial charge in [0.15, 0.2) is 0 Å². The molecule has 2 amide bonds. The van der Waals surface area contributed by atoms with Crippen LogP contribution in [0.4, 0.5) is 11.4 Å². The second-order valence-electron chi connectivity index (χ2n) is 5.72. The second kappa shape index (κ2) is 7.59. The number of carbonyl (C=O) groups excluding carboxylic acids is 2. The van der Waals surface area contributed by atoms with Gasteiger partial charge in [0.2, 0.25) is 11.8 Å². The van der Waals surface area contributed by atoms with Gasteiger partial charge in [0, 0.05) is 24.7 Å². The lowest BCUT2D eigenvalue weighted by Gasteiger charge is -2.25. The summed E-state index contributed by atoms with van der Waals surface area (Å²) in [5.41, 5.74) is 0.689. The summed E-state index contributed by atoms with van der Waals surface area (Å²) in [4.78, 5) is 33.9. The molecule has 0 radical (unpaired) electrons. The Bertz CT molecular complexity index is 554. The monoisotopic (exact) mass is 306 g/mol. The third kappa shape index (κ3) is 5.95. The van der Waals surface area contributed by atoms with Crippen LogP contribution in [-0.2, 0) is 14.4 Å². The number of hydrogen-bond donors (Lipinski definition) is 3. The summed E-state index contributed by atoms with van der Waals surface area (Å²) in [6, 6.07) is 6.74. The maximum Gasteiger partial charge on any atom is 0.303 e. The molecule has 120 valence electrons. The van der Waals surface area contributed by atoms with Crippen LogP contribution in [0.3, 0.4) is 0 Å². The van der Waals surface area contributed by atoms with Crippen LogP contribution in [0.15, 0.2) is 24.3 Å². The van der Waals surface area contributed by atoms with E-state index in [0.717, 1.165) is 0 Å². The molecule has 1 aromatic carbocycles. The van der Waals surface area contributed by atoms with E-state index in [9.17, 15) is 14.4 Å². The predicted octanol–water partition coefficient (Wildman–Crippen LogP) is 2.86. The Morgan fingerprint density at radius 3 is 1.95 bits per heavy atom. The predicted molar refractivity (Wildman–Crippen MR) is 84.6 cm³/mol. The first-order chi connectivity index (χ1) is 10.2. The van der Waals surface area contributed by atoms with E-state index in [1.807, 2.05) is 6.92 Å². The maximum absolute atomic E-state index is 12.1. The van der Waals surface area contributed by atoms with Crippen molar-refractivity contribution in [3.63, 3.8) is 0 Å². The third-order valence-electron chi connectivity index (χ3n) is 3.51. The molecule has 0 unspecified atom stereocenters. The minimum absolute atomic E-state index is 0.0433. The van der Waals surface area contributed by atoms with Gasteiger partial charge in [0.05, 0.1) is 6.42 Å². The number of rotatable bonds is 7. The van der Waals surface area contributed by atoms with E-state index in [4.69, 9.17) is 5.11 Å². The van der Waals surface area contributed by atoms with Crippen molar-refractivity contribution in [3.8, 4) is 0 Å². The molecule has 6 nitrogen and oxygen atoms in total. The van der Waals surface area contributed by atoms with Crippen LogP contribution in [0.2, 0.25) is 0 Å². The molecule has 6 heteroatoms. The van der Waals surface area contributed by atoms with E-state index >= 15 is 0 Å². The molecule has 0 saturated heterocycles. The van der Waals surface area contributed by atoms with Gasteiger partial charge in [0.25, 0.3) is 0 Å². The molecule has 1 atom stereocenters. The van der Waals surface area contributed by atoms with E-state index in [-0.39, 0.29) is 24.7 Å². The summed E-state index contributed by atoms with van der Waals surface area (Å²) >= 11 is 0. The highest BCUT2D eigenvalue weighted by atomic mass is 16.4. The van der Waals surface area contributed by atoms with Crippen LogP contribution in [0, 0.1) is 5.41 Å². The Labute approximate surface area is 129 Å². The van der Waals surface area contributed by atoms with Crippen LogP contribution in [0.25, 0.3) is 0 Å². The van der Waals surface area contributed by atoms with Crippen LogP contribution < -0.4 is 10.6 Å². The molecule has 1 rings (SSSR count). The summed E-state index contributed by atoms with van der Waals surface area (Å²) < 4.78 is 0. The SMILES string of the molecule is CC[C@](C)(CC(=O)O)CC(=O)Nc1ccc(NC(C)=O)cc1. The first kappa shape index (κ1) is 17.7. The number of amides is 2. The van der Waals surface area contributed by atoms with Gasteiger partial charge in [-0.1, -0.05) is 13.8 Å². The number of carboxylic acid groups (broad SMARTS) is 1. The molecule has 0 saturated carbocycles. The summed E-state index contributed by atoms with van der Waals surface area (Å²) in [7, 11) is 0. The van der Waals surface area contributed by atoms with Crippen molar-refractivity contribution in [2.75, 3.05) is 10.6 Å². The third-order valence-corrected chi connectivity index (χ3v) is 3.51. The van der Waals surface area contributed by atoms with Gasteiger partial charge in [-0.2, -0.15) is 0 Å². The highest BCUT2D eigenvalue weighted by Gasteiger charge is 2.28. The molecule has 0 bridgehead atoms. The normalized spacial score (nSPS) is 13.0. The van der Waals surface area contributed by atoms with Crippen LogP contribution in [-0.4, -0.2) is 22.9 Å². The molecule has 0 heterocycles. The van der Waals surface area contributed by atoms with E-state index in [1.165, 1.54) is 6.92 Å². The Balaban J connectivity index is 2.64. The number of carbonyl (C=O) groups is 3. The topological polar surface area (TPSA) is 95.5 Å². The fourth-order valence-electron chi connectivity index (χ4n) is 2.11. The van der Waals surface area contributed by atoms with Crippen LogP contribution in [0.1, 0.15) is 40.0 Å². The highest BCUT2D eigenvalue weighted by Crippen LogP contribution is 2.30. The lowest BCUT2D eigenvalue weighted by molar-refractivity contribution is -0.140. The van der Waals surface area contributed by atoms with Gasteiger partial charge in [-0.25, -0.2) is 0 Å². The molecule has 0 aliphatic carbocycles. The van der Waals surface area contributed by atoms with Gasteiger partial charge in [-0.05, 0) is 36.1 Å². The van der Waals surface area contributed by atoms with Gasteiger partial charge in [-0.3, -0.25) is 14.4 Å². The summed E-state index contributed by atoms with van der Waals surface area (Å²) in [6.07, 6.45) is 0.704. The second-order valence-corrected chi connectivity index (χ2v) is 5.72. The highest BCUT2D eigenvalue weighted by molar-refractivity contribution is 5.92. The zero-order valence-corrected chi connectivity index (χ0v) is 13.1. The molecule has 1 aromatic rings. The van der Waals surface area contributed by atoms with Crippen molar-refractivity contribution in [1.29, 1.82) is 0 Å². The number of aliphatic carboxylic acids is 1. The first-order valence-corrected chi connectivity index (χ1v) is 7.13. The molecule has 22 heavy (non-hydrogen) atoms. The van der Waals surface area contributed by atoms with Crippen molar-refractivity contribution in [3.05, 3.63) is 24.3 Å². The average Bonchev–Trinajstić information content (AvgIpc) is 2.39. The standard InChI is InChI=1S/C16H22N2O4/c1-4-16(3,10-15(21)22)9-14(20)18-13-7-5-12(6-8-13)17-11(2)19/h5-8H,4,9-10H2,1-3H3,(H,17,19)(H,18,20)(H,21,22)/t16-/m0/s1. The minimum Gasteiger partial charge on any atom is -0.481 e. The van der Waals surface area contributed by atoms with Crippen LogP contribution in [0.5, 0.6) is 0 Å². The Morgan fingerprint density at radius 2 is 1.55 bits per heavy atom. The zero-order valence-electron chi connectivity index (χ0n) is 13.1. The largest absolute Gasteiger partial charge is 0.481 e. The van der Waals surface area contributed by atoms with Crippen molar-refractivity contribution in [2.45, 2.75) is 40.0 Å². The molecule has 0 fully saturated rings. The van der Waals surface area contributed by atoms with E-state index in [0.29, 0.717) is 17.8 Å². The van der Waals surface area contributed by atoms with Gasteiger partial charge in [0.1, 0.15) is 0 Å². The number of carboxylic acids is 1. The van der Waals surface area contributed by atoms with E-state index in [1.54, 1.807) is 31.2 Å².